The number of rotatable bonds is 6. The fraction of sp³-hybridized carbons (Fsp3) is 0.600. The number of hydrogen-bond acceptors (Lipinski definition) is 2. The van der Waals surface area contributed by atoms with Crippen molar-refractivity contribution in [3.05, 3.63) is 12.2 Å². The van der Waals surface area contributed by atoms with Gasteiger partial charge in [0.1, 0.15) is 5.78 Å². The Morgan fingerprint density at radius 3 is 2.42 bits per heavy atom. The summed E-state index contributed by atoms with van der Waals surface area (Å²) in [6.07, 6.45) is 5.59. The van der Waals surface area contributed by atoms with Gasteiger partial charge in [-0.3, -0.25) is 9.59 Å². The van der Waals surface area contributed by atoms with Gasteiger partial charge in [0.25, 0.3) is 0 Å². The van der Waals surface area contributed by atoms with E-state index < -0.39 is 0 Å². The van der Waals surface area contributed by atoms with E-state index in [0.29, 0.717) is 25.7 Å². The molecule has 0 aliphatic rings. The predicted molar refractivity (Wildman–Crippen MR) is 49.0 cm³/mol. The van der Waals surface area contributed by atoms with Crippen LogP contribution in [0.4, 0.5) is 0 Å². The van der Waals surface area contributed by atoms with E-state index in [-0.39, 0.29) is 11.6 Å². The molecule has 68 valence electrons. The fourth-order valence-corrected chi connectivity index (χ4v) is 0.906. The van der Waals surface area contributed by atoms with Crippen LogP contribution in [-0.4, -0.2) is 11.6 Å². The lowest BCUT2D eigenvalue weighted by Gasteiger charge is -1.94. The second-order valence-corrected chi connectivity index (χ2v) is 2.71. The van der Waals surface area contributed by atoms with Crippen LogP contribution in [0.5, 0.6) is 0 Å². The topological polar surface area (TPSA) is 34.1 Å². The van der Waals surface area contributed by atoms with E-state index in [1.807, 2.05) is 13.8 Å². The van der Waals surface area contributed by atoms with Crippen molar-refractivity contribution in [1.82, 2.24) is 0 Å². The molecular weight excluding hydrogens is 152 g/mol. The SMILES string of the molecule is C/C=C/C(=O)CCCC(=O)CC. The Hall–Kier alpha value is -0.920. The van der Waals surface area contributed by atoms with E-state index in [9.17, 15) is 9.59 Å². The van der Waals surface area contributed by atoms with Crippen molar-refractivity contribution in [1.29, 1.82) is 0 Å². The molecule has 0 rings (SSSR count). The molecule has 0 unspecified atom stereocenters. The van der Waals surface area contributed by atoms with Gasteiger partial charge in [0, 0.05) is 19.3 Å². The molecular formula is C10H16O2. The van der Waals surface area contributed by atoms with Gasteiger partial charge in [-0.05, 0) is 19.4 Å². The van der Waals surface area contributed by atoms with Crippen molar-refractivity contribution in [2.45, 2.75) is 39.5 Å². The van der Waals surface area contributed by atoms with E-state index in [4.69, 9.17) is 0 Å². The molecule has 0 saturated carbocycles. The smallest absolute Gasteiger partial charge is 0.155 e. The zero-order valence-electron chi connectivity index (χ0n) is 7.80. The number of allylic oxidation sites excluding steroid dienone is 2. The van der Waals surface area contributed by atoms with Crippen LogP contribution in [0, 0.1) is 0 Å². The first kappa shape index (κ1) is 11.1. The van der Waals surface area contributed by atoms with Crippen LogP contribution < -0.4 is 0 Å². The Morgan fingerprint density at radius 2 is 1.92 bits per heavy atom. The Balaban J connectivity index is 3.43. The lowest BCUT2D eigenvalue weighted by Crippen LogP contribution is -1.98. The molecule has 2 nitrogen and oxygen atoms in total. The molecule has 0 N–H and O–H groups in total. The van der Waals surface area contributed by atoms with Crippen molar-refractivity contribution in [2.24, 2.45) is 0 Å². The molecule has 0 amide bonds. The molecule has 0 aromatic heterocycles. The fourth-order valence-electron chi connectivity index (χ4n) is 0.906. The molecule has 0 atom stereocenters. The highest BCUT2D eigenvalue weighted by Gasteiger charge is 2.00. The summed E-state index contributed by atoms with van der Waals surface area (Å²) in [5.74, 6) is 0.352. The second-order valence-electron chi connectivity index (χ2n) is 2.71. The van der Waals surface area contributed by atoms with Crippen molar-refractivity contribution in [3.8, 4) is 0 Å². The summed E-state index contributed by atoms with van der Waals surface area (Å²) in [5, 5.41) is 0. The average molecular weight is 168 g/mol. The van der Waals surface area contributed by atoms with Gasteiger partial charge in [0.2, 0.25) is 0 Å². The molecule has 0 saturated heterocycles. The van der Waals surface area contributed by atoms with Gasteiger partial charge in [0.05, 0.1) is 0 Å². The molecule has 0 heterocycles. The first-order chi connectivity index (χ1) is 5.70. The Labute approximate surface area is 73.7 Å². The Bertz CT molecular complexity index is 180. The van der Waals surface area contributed by atoms with Crippen LogP contribution in [0.1, 0.15) is 39.5 Å². The molecule has 0 radical (unpaired) electrons. The first-order valence-corrected chi connectivity index (χ1v) is 4.38. The molecule has 0 bridgehead atoms. The minimum absolute atomic E-state index is 0.112. The number of carbonyl (C=O) groups is 2. The third kappa shape index (κ3) is 5.83. The van der Waals surface area contributed by atoms with Crippen LogP contribution in [0.15, 0.2) is 12.2 Å². The highest BCUT2D eigenvalue weighted by Crippen LogP contribution is 2.00. The summed E-state index contributed by atoms with van der Waals surface area (Å²) >= 11 is 0. The third-order valence-corrected chi connectivity index (χ3v) is 1.63. The summed E-state index contributed by atoms with van der Waals surface area (Å²) in [6.45, 7) is 3.66. The molecule has 2 heteroatoms. The highest BCUT2D eigenvalue weighted by atomic mass is 16.1. The van der Waals surface area contributed by atoms with Crippen LogP contribution >= 0.6 is 0 Å². The number of carbonyl (C=O) groups excluding carboxylic acids is 2. The summed E-state index contributed by atoms with van der Waals surface area (Å²) in [4.78, 5) is 21.7. The number of hydrogen-bond donors (Lipinski definition) is 0. The van der Waals surface area contributed by atoms with Crippen molar-refractivity contribution in [3.63, 3.8) is 0 Å². The summed E-state index contributed by atoms with van der Waals surface area (Å²) in [6, 6.07) is 0. The van der Waals surface area contributed by atoms with E-state index in [0.717, 1.165) is 0 Å². The van der Waals surface area contributed by atoms with Crippen LogP contribution in [0.2, 0.25) is 0 Å². The molecule has 0 aromatic rings. The number of ketones is 2. The Kier molecular flexibility index (Phi) is 6.25. The van der Waals surface area contributed by atoms with Gasteiger partial charge in [-0.2, -0.15) is 0 Å². The van der Waals surface area contributed by atoms with Crippen molar-refractivity contribution >= 4 is 11.6 Å². The maximum absolute atomic E-state index is 10.9. The monoisotopic (exact) mass is 168 g/mol. The molecule has 0 aliphatic carbocycles. The van der Waals surface area contributed by atoms with E-state index in [2.05, 4.69) is 0 Å². The summed E-state index contributed by atoms with van der Waals surface area (Å²) < 4.78 is 0. The second kappa shape index (κ2) is 6.77. The molecule has 0 aliphatic heterocycles. The summed E-state index contributed by atoms with van der Waals surface area (Å²) in [5.41, 5.74) is 0. The summed E-state index contributed by atoms with van der Waals surface area (Å²) in [7, 11) is 0. The van der Waals surface area contributed by atoms with Gasteiger partial charge < -0.3 is 0 Å². The van der Waals surface area contributed by atoms with E-state index in [1.165, 1.54) is 0 Å². The number of Topliss-reactive ketones (excluding diaryl/α,β-unsaturated/α-hetero) is 1. The lowest BCUT2D eigenvalue weighted by atomic mass is 10.1. The predicted octanol–water partition coefficient (Wildman–Crippen LogP) is 2.28. The van der Waals surface area contributed by atoms with Gasteiger partial charge in [-0.25, -0.2) is 0 Å². The standard InChI is InChI=1S/C10H16O2/c1-3-6-10(12)8-5-7-9(11)4-2/h3,6H,4-5,7-8H2,1-2H3/b6-3+. The minimum Gasteiger partial charge on any atom is -0.300 e. The molecule has 0 spiro atoms. The lowest BCUT2D eigenvalue weighted by molar-refractivity contribution is -0.119. The first-order valence-electron chi connectivity index (χ1n) is 4.38. The zero-order chi connectivity index (χ0) is 9.40. The van der Waals surface area contributed by atoms with Gasteiger partial charge in [-0.15, -0.1) is 0 Å². The van der Waals surface area contributed by atoms with Crippen molar-refractivity contribution < 1.29 is 9.59 Å². The van der Waals surface area contributed by atoms with Gasteiger partial charge in [0.15, 0.2) is 5.78 Å². The van der Waals surface area contributed by atoms with Crippen molar-refractivity contribution in [2.75, 3.05) is 0 Å². The largest absolute Gasteiger partial charge is 0.300 e. The highest BCUT2D eigenvalue weighted by molar-refractivity contribution is 5.89. The van der Waals surface area contributed by atoms with E-state index >= 15 is 0 Å². The normalized spacial score (nSPS) is 10.5. The zero-order valence-corrected chi connectivity index (χ0v) is 7.80. The molecule has 0 fully saturated rings. The maximum atomic E-state index is 10.9. The van der Waals surface area contributed by atoms with Gasteiger partial charge in [-0.1, -0.05) is 13.0 Å². The van der Waals surface area contributed by atoms with Gasteiger partial charge >= 0.3 is 0 Å². The molecule has 12 heavy (non-hydrogen) atoms. The Morgan fingerprint density at radius 1 is 1.25 bits per heavy atom. The van der Waals surface area contributed by atoms with E-state index in [1.54, 1.807) is 12.2 Å². The molecule has 0 aromatic carbocycles. The van der Waals surface area contributed by atoms with Crippen LogP contribution in [0.3, 0.4) is 0 Å². The average Bonchev–Trinajstić information content (AvgIpc) is 2.04. The van der Waals surface area contributed by atoms with Crippen LogP contribution in [0.25, 0.3) is 0 Å². The minimum atomic E-state index is 0.112. The van der Waals surface area contributed by atoms with Crippen LogP contribution in [-0.2, 0) is 9.59 Å². The third-order valence-electron chi connectivity index (χ3n) is 1.63. The maximum Gasteiger partial charge on any atom is 0.155 e. The quantitative estimate of drug-likeness (QED) is 0.570.